The third-order valence-corrected chi connectivity index (χ3v) is 10.5. The standard InChI is InChI=1S/C27H19F8N3O5S/c28-16-2-1-3-17(11-16)44(42,43)24-8-9-38(22(39)19-12-37-20(13-36-19)23(40)41)21(24)7-4-14-10-15(5-6-18(14)24)25(29,26(30,31)32)27(33,34)35/h1-3,5-6,10-13,21H,4,7-9H2,(H,40,41). The molecule has 5 rings (SSSR count). The summed E-state index contributed by atoms with van der Waals surface area (Å²) in [7, 11) is -4.75. The molecule has 0 saturated carbocycles. The molecule has 1 N–H and O–H groups in total. The highest BCUT2D eigenvalue weighted by molar-refractivity contribution is 7.92. The lowest BCUT2D eigenvalue weighted by Crippen LogP contribution is -2.53. The highest BCUT2D eigenvalue weighted by Gasteiger charge is 2.74. The van der Waals surface area contributed by atoms with Crippen LogP contribution >= 0.6 is 0 Å². The molecule has 0 spiro atoms. The van der Waals surface area contributed by atoms with Crippen LogP contribution in [0.5, 0.6) is 0 Å². The van der Waals surface area contributed by atoms with E-state index in [1.807, 2.05) is 0 Å². The average Bonchev–Trinajstić information content (AvgIpc) is 3.36. The monoisotopic (exact) mass is 649 g/mol. The molecule has 17 heteroatoms. The van der Waals surface area contributed by atoms with Crippen molar-refractivity contribution in [2.75, 3.05) is 6.54 Å². The molecule has 2 atom stereocenters. The molecule has 2 aliphatic rings. The number of carbonyl (C=O) groups is 2. The topological polar surface area (TPSA) is 118 Å². The predicted molar refractivity (Wildman–Crippen MR) is 133 cm³/mol. The molecule has 234 valence electrons. The van der Waals surface area contributed by atoms with E-state index in [0.29, 0.717) is 18.2 Å². The zero-order valence-electron chi connectivity index (χ0n) is 22.0. The first kappa shape index (κ1) is 31.3. The molecule has 8 nitrogen and oxygen atoms in total. The summed E-state index contributed by atoms with van der Waals surface area (Å²) in [4.78, 5) is 32.5. The largest absolute Gasteiger partial charge is 0.476 e. The van der Waals surface area contributed by atoms with Crippen molar-refractivity contribution < 1.29 is 58.2 Å². The molecule has 3 aromatic rings. The second-order valence-corrected chi connectivity index (χ2v) is 12.5. The SMILES string of the molecule is O=C(O)c1cnc(C(=O)N2CCC3(S(=O)(=O)c4cccc(F)c4)c4ccc(C(F)(C(F)(F)F)C(F)(F)F)cc4CCC23)cn1. The Morgan fingerprint density at radius 3 is 2.14 bits per heavy atom. The maximum absolute atomic E-state index is 14.9. The summed E-state index contributed by atoms with van der Waals surface area (Å²) < 4.78 is 137. The van der Waals surface area contributed by atoms with Crippen LogP contribution in [0, 0.1) is 5.82 Å². The van der Waals surface area contributed by atoms with Gasteiger partial charge in [0.15, 0.2) is 15.5 Å². The van der Waals surface area contributed by atoms with Crippen LogP contribution in [0.3, 0.4) is 0 Å². The minimum absolute atomic E-state index is 0.214. The van der Waals surface area contributed by atoms with Crippen LogP contribution in [0.2, 0.25) is 0 Å². The normalized spacial score (nSPS) is 20.6. The van der Waals surface area contributed by atoms with E-state index < -0.39 is 78.9 Å². The number of amides is 1. The van der Waals surface area contributed by atoms with E-state index in [1.165, 1.54) is 0 Å². The van der Waals surface area contributed by atoms with Crippen LogP contribution in [0.15, 0.2) is 59.8 Å². The van der Waals surface area contributed by atoms with Crippen LogP contribution in [0.1, 0.15) is 50.5 Å². The second-order valence-electron chi connectivity index (χ2n) is 10.3. The van der Waals surface area contributed by atoms with Gasteiger partial charge in [-0.1, -0.05) is 24.3 Å². The molecular weight excluding hydrogens is 630 g/mol. The second kappa shape index (κ2) is 10.2. The summed E-state index contributed by atoms with van der Waals surface area (Å²) in [6, 6.07) is 3.70. The number of halogens is 8. The van der Waals surface area contributed by atoms with E-state index in [2.05, 4.69) is 9.97 Å². The van der Waals surface area contributed by atoms with Gasteiger partial charge in [0.1, 0.15) is 16.3 Å². The van der Waals surface area contributed by atoms with Crippen molar-refractivity contribution in [3.05, 3.63) is 88.8 Å². The van der Waals surface area contributed by atoms with E-state index >= 15 is 0 Å². The number of carboxylic acid groups (broad SMARTS) is 1. The maximum Gasteiger partial charge on any atom is 0.435 e. The zero-order chi connectivity index (χ0) is 32.5. The van der Waals surface area contributed by atoms with Gasteiger partial charge in [0.25, 0.3) is 5.91 Å². The zero-order valence-corrected chi connectivity index (χ0v) is 22.8. The molecule has 1 aliphatic carbocycles. The average molecular weight is 650 g/mol. The van der Waals surface area contributed by atoms with Crippen LogP contribution in [-0.4, -0.2) is 65.2 Å². The number of likely N-dealkylation sites (tertiary alicyclic amines) is 1. The van der Waals surface area contributed by atoms with Crippen molar-refractivity contribution in [2.24, 2.45) is 0 Å². The van der Waals surface area contributed by atoms with Gasteiger partial charge in [0, 0.05) is 12.1 Å². The molecule has 1 fully saturated rings. The van der Waals surface area contributed by atoms with Crippen molar-refractivity contribution >= 4 is 21.7 Å². The van der Waals surface area contributed by atoms with Gasteiger partial charge in [-0.2, -0.15) is 26.3 Å². The van der Waals surface area contributed by atoms with Gasteiger partial charge in [-0.25, -0.2) is 32.0 Å². The van der Waals surface area contributed by atoms with Crippen molar-refractivity contribution in [1.29, 1.82) is 0 Å². The fourth-order valence-electron chi connectivity index (χ4n) is 6.01. The molecule has 44 heavy (non-hydrogen) atoms. The molecule has 1 aromatic heterocycles. The quantitative estimate of drug-likeness (QED) is 0.381. The van der Waals surface area contributed by atoms with Crippen molar-refractivity contribution in [1.82, 2.24) is 14.9 Å². The van der Waals surface area contributed by atoms with Crippen LogP contribution < -0.4 is 0 Å². The molecule has 2 heterocycles. The first-order chi connectivity index (χ1) is 20.4. The highest BCUT2D eigenvalue weighted by atomic mass is 32.2. The first-order valence-electron chi connectivity index (χ1n) is 12.7. The van der Waals surface area contributed by atoms with Crippen molar-refractivity contribution in [3.63, 3.8) is 0 Å². The summed E-state index contributed by atoms with van der Waals surface area (Å²) in [6.45, 7) is -0.306. The number of carboxylic acids is 1. The molecule has 2 aromatic carbocycles. The fourth-order valence-corrected chi connectivity index (χ4v) is 8.41. The molecule has 1 aliphatic heterocycles. The first-order valence-corrected chi connectivity index (χ1v) is 14.2. The number of fused-ring (bicyclic) bond motifs is 3. The number of aryl methyl sites for hydroxylation is 1. The van der Waals surface area contributed by atoms with Gasteiger partial charge in [0.2, 0.25) is 0 Å². The van der Waals surface area contributed by atoms with Gasteiger partial charge in [0.05, 0.1) is 23.3 Å². The smallest absolute Gasteiger partial charge is 0.435 e. The highest BCUT2D eigenvalue weighted by Crippen LogP contribution is 2.56. The minimum atomic E-state index is -6.41. The molecule has 1 saturated heterocycles. The molecule has 1 amide bonds. The van der Waals surface area contributed by atoms with Crippen molar-refractivity contribution in [2.45, 2.75) is 53.0 Å². The Balaban J connectivity index is 1.69. The van der Waals surface area contributed by atoms with E-state index in [9.17, 15) is 53.1 Å². The summed E-state index contributed by atoms with van der Waals surface area (Å²) in [5, 5.41) is 9.04. The number of aromatic nitrogens is 2. The summed E-state index contributed by atoms with van der Waals surface area (Å²) in [5.74, 6) is -3.27. The van der Waals surface area contributed by atoms with Crippen LogP contribution in [0.4, 0.5) is 35.1 Å². The predicted octanol–water partition coefficient (Wildman–Crippen LogP) is 5.13. The Hall–Kier alpha value is -4.15. The number of nitrogens with zero attached hydrogens (tertiary/aromatic N) is 3. The van der Waals surface area contributed by atoms with Gasteiger partial charge < -0.3 is 10.0 Å². The fraction of sp³-hybridized carbons (Fsp3) is 0.333. The summed E-state index contributed by atoms with van der Waals surface area (Å²) >= 11 is 0. The summed E-state index contributed by atoms with van der Waals surface area (Å²) in [6.07, 6.45) is -12.3. The van der Waals surface area contributed by atoms with Gasteiger partial charge in [-0.15, -0.1) is 0 Å². The number of rotatable bonds is 5. The number of aromatic carboxylic acids is 1. The number of hydrogen-bond acceptors (Lipinski definition) is 6. The minimum Gasteiger partial charge on any atom is -0.476 e. The van der Waals surface area contributed by atoms with E-state index in [4.69, 9.17) is 5.11 Å². The summed E-state index contributed by atoms with van der Waals surface area (Å²) in [5.41, 5.74) is -9.01. The van der Waals surface area contributed by atoms with Crippen LogP contribution in [0.25, 0.3) is 0 Å². The van der Waals surface area contributed by atoms with Gasteiger partial charge in [-0.3, -0.25) is 4.79 Å². The molecular formula is C27H19F8N3O5S. The number of hydrogen-bond donors (Lipinski definition) is 1. The van der Waals surface area contributed by atoms with E-state index in [0.717, 1.165) is 35.5 Å². The number of carbonyl (C=O) groups excluding carboxylic acids is 1. The lowest BCUT2D eigenvalue weighted by Gasteiger charge is -2.43. The Bertz CT molecular complexity index is 1750. The molecule has 0 bridgehead atoms. The number of sulfone groups is 1. The third kappa shape index (κ3) is 4.50. The Kier molecular flexibility index (Phi) is 7.26. The van der Waals surface area contributed by atoms with Gasteiger partial charge >= 0.3 is 24.0 Å². The molecule has 0 radical (unpaired) electrons. The van der Waals surface area contributed by atoms with Crippen molar-refractivity contribution in [3.8, 4) is 0 Å². The Morgan fingerprint density at radius 1 is 0.932 bits per heavy atom. The Labute approximate surface area is 243 Å². The van der Waals surface area contributed by atoms with Gasteiger partial charge in [-0.05, 0) is 48.6 Å². The lowest BCUT2D eigenvalue weighted by atomic mass is 9.76. The lowest BCUT2D eigenvalue weighted by molar-refractivity contribution is -0.348. The maximum atomic E-state index is 14.9. The van der Waals surface area contributed by atoms with E-state index in [1.54, 1.807) is 0 Å². The molecule has 2 unspecified atom stereocenters. The number of benzene rings is 2. The number of alkyl halides is 7. The van der Waals surface area contributed by atoms with Crippen LogP contribution in [-0.2, 0) is 26.7 Å². The Morgan fingerprint density at radius 2 is 1.57 bits per heavy atom. The van der Waals surface area contributed by atoms with E-state index in [-0.39, 0.29) is 42.3 Å². The third-order valence-electron chi connectivity index (χ3n) is 8.00.